The van der Waals surface area contributed by atoms with Gasteiger partial charge in [0.25, 0.3) is 0 Å². The van der Waals surface area contributed by atoms with Crippen molar-refractivity contribution in [1.82, 2.24) is 9.38 Å². The van der Waals surface area contributed by atoms with Gasteiger partial charge in [-0.15, -0.1) is 0 Å². The molecule has 0 amide bonds. The van der Waals surface area contributed by atoms with Crippen molar-refractivity contribution in [2.24, 2.45) is 0 Å². The van der Waals surface area contributed by atoms with Crippen molar-refractivity contribution in [3.05, 3.63) is 59.3 Å². The highest BCUT2D eigenvalue weighted by Crippen LogP contribution is 2.25. The number of aromatic nitrogens is 2. The summed E-state index contributed by atoms with van der Waals surface area (Å²) < 4.78 is 2.96. The van der Waals surface area contributed by atoms with Crippen LogP contribution in [0.25, 0.3) is 16.9 Å². The van der Waals surface area contributed by atoms with E-state index in [1.807, 2.05) is 42.6 Å². The Labute approximate surface area is 102 Å². The molecule has 0 aliphatic carbocycles. The average Bonchev–Trinajstić information content (AvgIpc) is 2.69. The second kappa shape index (κ2) is 3.76. The number of imidazole rings is 1. The normalized spacial score (nSPS) is 10.8. The van der Waals surface area contributed by atoms with Crippen LogP contribution in [0.4, 0.5) is 0 Å². The molecule has 0 bridgehead atoms. The third kappa shape index (κ3) is 1.44. The first-order chi connectivity index (χ1) is 7.86. The number of hydrogen-bond acceptors (Lipinski definition) is 1. The Morgan fingerprint density at radius 2 is 1.69 bits per heavy atom. The Kier molecular flexibility index (Phi) is 2.26. The Morgan fingerprint density at radius 3 is 2.50 bits per heavy atom. The molecule has 0 radical (unpaired) electrons. The average molecular weight is 273 g/mol. The van der Waals surface area contributed by atoms with Crippen LogP contribution in [0.2, 0.25) is 0 Å². The van der Waals surface area contributed by atoms with Gasteiger partial charge in [-0.1, -0.05) is 36.4 Å². The van der Waals surface area contributed by atoms with Gasteiger partial charge in [-0.05, 0) is 28.1 Å². The van der Waals surface area contributed by atoms with Crippen LogP contribution in [0.5, 0.6) is 0 Å². The fourth-order valence-corrected chi connectivity index (χ4v) is 2.28. The Bertz CT molecular complexity index is 629. The molecule has 0 atom stereocenters. The number of halogens is 1. The van der Waals surface area contributed by atoms with Crippen LogP contribution in [-0.2, 0) is 0 Å². The van der Waals surface area contributed by atoms with Gasteiger partial charge in [0.2, 0.25) is 0 Å². The molecule has 78 valence electrons. The summed E-state index contributed by atoms with van der Waals surface area (Å²) in [7, 11) is 0. The topological polar surface area (TPSA) is 17.3 Å². The zero-order valence-electron chi connectivity index (χ0n) is 8.47. The molecule has 0 aliphatic heterocycles. The molecule has 0 saturated carbocycles. The molecule has 0 fully saturated rings. The van der Waals surface area contributed by atoms with Gasteiger partial charge in [-0.25, -0.2) is 4.98 Å². The van der Waals surface area contributed by atoms with Crippen LogP contribution in [0, 0.1) is 0 Å². The van der Waals surface area contributed by atoms with E-state index in [0.29, 0.717) is 0 Å². The molecule has 3 aromatic rings. The number of fused-ring (bicyclic) bond motifs is 1. The van der Waals surface area contributed by atoms with Crippen molar-refractivity contribution in [2.75, 3.05) is 0 Å². The summed E-state index contributed by atoms with van der Waals surface area (Å²) in [4.78, 5) is 4.54. The molecule has 0 spiro atoms. The summed E-state index contributed by atoms with van der Waals surface area (Å²) in [6, 6.07) is 16.2. The minimum atomic E-state index is 0.881. The van der Waals surface area contributed by atoms with Crippen LogP contribution in [0.3, 0.4) is 0 Å². The van der Waals surface area contributed by atoms with E-state index in [2.05, 4.69) is 37.4 Å². The van der Waals surface area contributed by atoms with Crippen LogP contribution in [-0.4, -0.2) is 9.38 Å². The van der Waals surface area contributed by atoms with E-state index in [9.17, 15) is 0 Å². The van der Waals surface area contributed by atoms with E-state index in [0.717, 1.165) is 21.5 Å². The summed E-state index contributed by atoms with van der Waals surface area (Å²) in [5, 5.41) is 0. The lowest BCUT2D eigenvalue weighted by Crippen LogP contribution is -1.87. The van der Waals surface area contributed by atoms with Crippen molar-refractivity contribution in [3.8, 4) is 11.4 Å². The molecule has 3 rings (SSSR count). The minimum Gasteiger partial charge on any atom is -0.299 e. The molecule has 2 aromatic heterocycles. The van der Waals surface area contributed by atoms with E-state index in [4.69, 9.17) is 0 Å². The van der Waals surface area contributed by atoms with Crippen LogP contribution >= 0.6 is 15.9 Å². The molecule has 16 heavy (non-hydrogen) atoms. The first-order valence-electron chi connectivity index (χ1n) is 5.04. The van der Waals surface area contributed by atoms with Crippen LogP contribution in [0.15, 0.2) is 59.3 Å². The highest BCUT2D eigenvalue weighted by molar-refractivity contribution is 9.10. The Balaban J connectivity index is 2.33. The maximum absolute atomic E-state index is 4.54. The molecule has 0 saturated heterocycles. The van der Waals surface area contributed by atoms with E-state index in [1.54, 1.807) is 0 Å². The van der Waals surface area contributed by atoms with Gasteiger partial charge in [0, 0.05) is 11.8 Å². The van der Waals surface area contributed by atoms with Gasteiger partial charge in [0.1, 0.15) is 10.4 Å². The summed E-state index contributed by atoms with van der Waals surface area (Å²) in [6.07, 6.45) is 2.02. The largest absolute Gasteiger partial charge is 0.299 e. The van der Waals surface area contributed by atoms with Crippen molar-refractivity contribution in [2.45, 2.75) is 0 Å². The summed E-state index contributed by atoms with van der Waals surface area (Å²) in [6.45, 7) is 0. The molecule has 1 aromatic carbocycles. The van der Waals surface area contributed by atoms with Gasteiger partial charge < -0.3 is 0 Å². The van der Waals surface area contributed by atoms with Gasteiger partial charge in [-0.3, -0.25) is 4.40 Å². The molecule has 2 heterocycles. The summed E-state index contributed by atoms with van der Waals surface area (Å²) in [5.41, 5.74) is 2.20. The highest BCUT2D eigenvalue weighted by atomic mass is 79.9. The van der Waals surface area contributed by atoms with E-state index in [1.165, 1.54) is 0 Å². The quantitative estimate of drug-likeness (QED) is 0.659. The van der Waals surface area contributed by atoms with E-state index >= 15 is 0 Å². The van der Waals surface area contributed by atoms with Gasteiger partial charge in [-0.2, -0.15) is 0 Å². The van der Waals surface area contributed by atoms with Gasteiger partial charge >= 0.3 is 0 Å². The smallest absolute Gasteiger partial charge is 0.145 e. The highest BCUT2D eigenvalue weighted by Gasteiger charge is 2.09. The standard InChI is InChI=1S/C13H9BrN2/c14-12-11-8-4-5-9-16(11)13(15-12)10-6-2-1-3-7-10/h1-9H. The number of hydrogen-bond donors (Lipinski definition) is 0. The fraction of sp³-hybridized carbons (Fsp3) is 0. The zero-order chi connectivity index (χ0) is 11.0. The first-order valence-corrected chi connectivity index (χ1v) is 5.83. The van der Waals surface area contributed by atoms with Crippen molar-refractivity contribution >= 4 is 21.4 Å². The van der Waals surface area contributed by atoms with Crippen molar-refractivity contribution in [3.63, 3.8) is 0 Å². The lowest BCUT2D eigenvalue weighted by Gasteiger charge is -1.99. The predicted molar refractivity (Wildman–Crippen MR) is 68.3 cm³/mol. The molecule has 3 heteroatoms. The Morgan fingerprint density at radius 1 is 0.938 bits per heavy atom. The third-order valence-corrected chi connectivity index (χ3v) is 3.12. The van der Waals surface area contributed by atoms with E-state index < -0.39 is 0 Å². The SMILES string of the molecule is Brc1nc(-c2ccccc2)n2ccccc12. The molecular weight excluding hydrogens is 264 g/mol. The zero-order valence-corrected chi connectivity index (χ0v) is 10.1. The molecule has 0 unspecified atom stereocenters. The van der Waals surface area contributed by atoms with E-state index in [-0.39, 0.29) is 0 Å². The second-order valence-corrected chi connectivity index (χ2v) is 4.30. The van der Waals surface area contributed by atoms with Gasteiger partial charge in [0.15, 0.2) is 0 Å². The maximum atomic E-state index is 4.54. The molecular formula is C13H9BrN2. The van der Waals surface area contributed by atoms with Crippen LogP contribution in [0.1, 0.15) is 0 Å². The van der Waals surface area contributed by atoms with Crippen LogP contribution < -0.4 is 0 Å². The third-order valence-electron chi connectivity index (χ3n) is 2.54. The van der Waals surface area contributed by atoms with Crippen molar-refractivity contribution < 1.29 is 0 Å². The maximum Gasteiger partial charge on any atom is 0.145 e. The molecule has 0 N–H and O–H groups in total. The minimum absolute atomic E-state index is 0.881. The number of rotatable bonds is 1. The van der Waals surface area contributed by atoms with Crippen molar-refractivity contribution in [1.29, 1.82) is 0 Å². The second-order valence-electron chi connectivity index (χ2n) is 3.55. The monoisotopic (exact) mass is 272 g/mol. The summed E-state index contributed by atoms with van der Waals surface area (Å²) >= 11 is 3.48. The predicted octanol–water partition coefficient (Wildman–Crippen LogP) is 3.76. The first kappa shape index (κ1) is 9.60. The summed E-state index contributed by atoms with van der Waals surface area (Å²) in [5.74, 6) is 0.961. The lowest BCUT2D eigenvalue weighted by molar-refractivity contribution is 1.16. The number of pyridine rings is 1. The Hall–Kier alpha value is -1.61. The van der Waals surface area contributed by atoms with Gasteiger partial charge in [0.05, 0.1) is 5.52 Å². The number of benzene rings is 1. The lowest BCUT2D eigenvalue weighted by atomic mass is 10.2. The molecule has 2 nitrogen and oxygen atoms in total. The molecule has 0 aliphatic rings. The number of nitrogens with zero attached hydrogens (tertiary/aromatic N) is 2. The fourth-order valence-electron chi connectivity index (χ4n) is 1.79.